The van der Waals surface area contributed by atoms with E-state index in [9.17, 15) is 4.79 Å². The number of fused-ring (bicyclic) bond motifs is 2. The monoisotopic (exact) mass is 197 g/mol. The van der Waals surface area contributed by atoms with Crippen LogP contribution in [0.2, 0.25) is 0 Å². The summed E-state index contributed by atoms with van der Waals surface area (Å²) in [6.07, 6.45) is 6.24. The van der Waals surface area contributed by atoms with E-state index >= 15 is 0 Å². The summed E-state index contributed by atoms with van der Waals surface area (Å²) in [5.74, 6) is 1.43. The number of carbonyl (C=O) groups is 1. The highest BCUT2D eigenvalue weighted by Crippen LogP contribution is 2.47. The van der Waals surface area contributed by atoms with Crippen LogP contribution in [0.5, 0.6) is 0 Å². The summed E-state index contributed by atoms with van der Waals surface area (Å²) in [6, 6.07) is 0. The molecular formula is C11H19NO2. The highest BCUT2D eigenvalue weighted by atomic mass is 16.6. The van der Waals surface area contributed by atoms with E-state index in [0.29, 0.717) is 5.92 Å². The number of amides is 1. The molecule has 0 spiro atoms. The van der Waals surface area contributed by atoms with Crippen molar-refractivity contribution in [3.63, 3.8) is 0 Å². The third-order valence-electron chi connectivity index (χ3n) is 3.68. The Balaban J connectivity index is 2.10. The topological polar surface area (TPSA) is 52.3 Å². The minimum Gasteiger partial charge on any atom is -0.443 e. The van der Waals surface area contributed by atoms with Gasteiger partial charge in [0.15, 0.2) is 0 Å². The molecule has 0 aromatic carbocycles. The Kier molecular flexibility index (Phi) is 2.41. The van der Waals surface area contributed by atoms with Gasteiger partial charge in [-0.15, -0.1) is 0 Å². The number of nitrogens with two attached hydrogens (primary N) is 1. The second-order valence-corrected chi connectivity index (χ2v) is 5.11. The van der Waals surface area contributed by atoms with E-state index in [-0.39, 0.29) is 5.60 Å². The molecule has 2 rings (SSSR count). The molecule has 14 heavy (non-hydrogen) atoms. The average molecular weight is 197 g/mol. The fourth-order valence-corrected chi connectivity index (χ4v) is 3.46. The molecule has 0 saturated heterocycles. The van der Waals surface area contributed by atoms with Gasteiger partial charge in [-0.05, 0) is 43.9 Å². The van der Waals surface area contributed by atoms with Crippen molar-refractivity contribution in [1.29, 1.82) is 0 Å². The van der Waals surface area contributed by atoms with Crippen LogP contribution in [0.15, 0.2) is 0 Å². The van der Waals surface area contributed by atoms with Crippen LogP contribution in [0.25, 0.3) is 0 Å². The van der Waals surface area contributed by atoms with Crippen molar-refractivity contribution in [3.8, 4) is 0 Å². The lowest BCUT2D eigenvalue weighted by molar-refractivity contribution is -0.0698. The lowest BCUT2D eigenvalue weighted by Gasteiger charge is -2.46. The summed E-state index contributed by atoms with van der Waals surface area (Å²) in [7, 11) is 0. The van der Waals surface area contributed by atoms with Gasteiger partial charge in [-0.2, -0.15) is 0 Å². The largest absolute Gasteiger partial charge is 0.443 e. The lowest BCUT2D eigenvalue weighted by atomic mass is 9.66. The highest BCUT2D eigenvalue weighted by molar-refractivity contribution is 5.65. The molecule has 3 unspecified atom stereocenters. The maximum atomic E-state index is 10.9. The maximum absolute atomic E-state index is 10.9. The number of primary amides is 1. The Morgan fingerprint density at radius 3 is 3.00 bits per heavy atom. The summed E-state index contributed by atoms with van der Waals surface area (Å²) in [5, 5.41) is 0. The first kappa shape index (κ1) is 9.81. The van der Waals surface area contributed by atoms with Crippen LogP contribution in [0.1, 0.15) is 45.4 Å². The van der Waals surface area contributed by atoms with Crippen LogP contribution in [-0.4, -0.2) is 11.7 Å². The lowest BCUT2D eigenvalue weighted by Crippen LogP contribution is -2.46. The van der Waals surface area contributed by atoms with Gasteiger partial charge in [-0.3, -0.25) is 0 Å². The molecule has 3 atom stereocenters. The molecule has 2 bridgehead atoms. The van der Waals surface area contributed by atoms with E-state index in [1.165, 1.54) is 19.3 Å². The minimum absolute atomic E-state index is 0.202. The summed E-state index contributed by atoms with van der Waals surface area (Å²) in [5.41, 5.74) is 4.94. The first-order valence-electron chi connectivity index (χ1n) is 5.58. The average Bonchev–Trinajstić information content (AvgIpc) is 1.99. The van der Waals surface area contributed by atoms with E-state index in [1.807, 2.05) is 0 Å². The summed E-state index contributed by atoms with van der Waals surface area (Å²) in [4.78, 5) is 10.9. The fraction of sp³-hybridized carbons (Fsp3) is 0.909. The Morgan fingerprint density at radius 2 is 2.29 bits per heavy atom. The molecule has 2 saturated carbocycles. The van der Waals surface area contributed by atoms with Gasteiger partial charge >= 0.3 is 6.09 Å². The van der Waals surface area contributed by atoms with Crippen LogP contribution in [0.3, 0.4) is 0 Å². The Morgan fingerprint density at radius 1 is 1.50 bits per heavy atom. The van der Waals surface area contributed by atoms with E-state index in [4.69, 9.17) is 10.5 Å². The third-order valence-corrected chi connectivity index (χ3v) is 3.68. The molecule has 2 fully saturated rings. The predicted octanol–water partition coefficient (Wildman–Crippen LogP) is 2.44. The molecule has 2 aliphatic carbocycles. The van der Waals surface area contributed by atoms with Crippen LogP contribution < -0.4 is 5.73 Å². The molecule has 2 N–H and O–H groups in total. The van der Waals surface area contributed by atoms with Gasteiger partial charge in [0.1, 0.15) is 5.60 Å². The molecular weight excluding hydrogens is 178 g/mol. The summed E-state index contributed by atoms with van der Waals surface area (Å²) < 4.78 is 5.36. The maximum Gasteiger partial charge on any atom is 0.405 e. The standard InChI is InChI=1S/C11H19NO2/c1-8-5-9-3-2-4-11(6-8,7-9)14-10(12)13/h8-9H,2-7H2,1H3,(H2,12,13). The van der Waals surface area contributed by atoms with Crippen LogP contribution in [-0.2, 0) is 4.74 Å². The van der Waals surface area contributed by atoms with Crippen molar-refractivity contribution >= 4 is 6.09 Å². The molecule has 80 valence electrons. The first-order valence-corrected chi connectivity index (χ1v) is 5.58. The fourth-order valence-electron chi connectivity index (χ4n) is 3.46. The van der Waals surface area contributed by atoms with Gasteiger partial charge < -0.3 is 10.5 Å². The van der Waals surface area contributed by atoms with E-state index in [1.54, 1.807) is 0 Å². The molecule has 0 aromatic heterocycles. The van der Waals surface area contributed by atoms with Crippen LogP contribution in [0, 0.1) is 11.8 Å². The van der Waals surface area contributed by atoms with Crippen molar-refractivity contribution in [1.82, 2.24) is 0 Å². The number of hydrogen-bond donors (Lipinski definition) is 1. The molecule has 0 radical (unpaired) electrons. The van der Waals surface area contributed by atoms with Gasteiger partial charge in [0.25, 0.3) is 0 Å². The van der Waals surface area contributed by atoms with Crippen molar-refractivity contribution < 1.29 is 9.53 Å². The number of carbonyl (C=O) groups excluding carboxylic acids is 1. The van der Waals surface area contributed by atoms with Gasteiger partial charge in [0, 0.05) is 0 Å². The Bertz CT molecular complexity index is 237. The van der Waals surface area contributed by atoms with Gasteiger partial charge in [-0.25, -0.2) is 4.79 Å². The second-order valence-electron chi connectivity index (χ2n) is 5.11. The zero-order chi connectivity index (χ0) is 10.2. The van der Waals surface area contributed by atoms with Gasteiger partial charge in [-0.1, -0.05) is 13.3 Å². The molecule has 0 aliphatic heterocycles. The summed E-state index contributed by atoms with van der Waals surface area (Å²) in [6.45, 7) is 2.25. The van der Waals surface area contributed by atoms with Crippen molar-refractivity contribution in [2.75, 3.05) is 0 Å². The van der Waals surface area contributed by atoms with Crippen molar-refractivity contribution in [2.24, 2.45) is 17.6 Å². The van der Waals surface area contributed by atoms with E-state index in [2.05, 4.69) is 6.92 Å². The highest BCUT2D eigenvalue weighted by Gasteiger charge is 2.44. The van der Waals surface area contributed by atoms with Gasteiger partial charge in [0.05, 0.1) is 0 Å². The summed E-state index contributed by atoms with van der Waals surface area (Å²) >= 11 is 0. The Hall–Kier alpha value is -0.730. The quantitative estimate of drug-likeness (QED) is 0.702. The van der Waals surface area contributed by atoms with Crippen molar-refractivity contribution in [2.45, 2.75) is 51.0 Å². The minimum atomic E-state index is -0.597. The molecule has 0 heterocycles. The van der Waals surface area contributed by atoms with E-state index in [0.717, 1.165) is 25.2 Å². The van der Waals surface area contributed by atoms with Crippen LogP contribution in [0.4, 0.5) is 4.79 Å². The molecule has 3 heteroatoms. The Labute approximate surface area is 85.0 Å². The third kappa shape index (κ3) is 1.86. The molecule has 0 aromatic rings. The van der Waals surface area contributed by atoms with Crippen LogP contribution >= 0.6 is 0 Å². The number of ether oxygens (including phenoxy) is 1. The molecule has 1 amide bonds. The second kappa shape index (κ2) is 3.44. The first-order chi connectivity index (χ1) is 6.60. The zero-order valence-electron chi connectivity index (χ0n) is 8.79. The molecule has 2 aliphatic rings. The number of rotatable bonds is 1. The van der Waals surface area contributed by atoms with E-state index < -0.39 is 6.09 Å². The smallest absolute Gasteiger partial charge is 0.405 e. The SMILES string of the molecule is CC1CC2CCCC(OC(N)=O)(C1)C2. The predicted molar refractivity (Wildman–Crippen MR) is 53.8 cm³/mol. The normalized spacial score (nSPS) is 41.8. The van der Waals surface area contributed by atoms with Crippen molar-refractivity contribution in [3.05, 3.63) is 0 Å². The number of hydrogen-bond acceptors (Lipinski definition) is 2. The molecule has 3 nitrogen and oxygen atoms in total. The zero-order valence-corrected chi connectivity index (χ0v) is 8.79. The van der Waals surface area contributed by atoms with Gasteiger partial charge in [0.2, 0.25) is 0 Å².